The molecule has 5 heteroatoms. The first-order valence-electron chi connectivity index (χ1n) is 3.42. The van der Waals surface area contributed by atoms with Crippen LogP contribution in [0.25, 0.3) is 0 Å². The van der Waals surface area contributed by atoms with Gasteiger partial charge >= 0.3 is 6.18 Å². The van der Waals surface area contributed by atoms with E-state index in [0.29, 0.717) is 3.57 Å². The minimum Gasteiger partial charge on any atom is -0.508 e. The van der Waals surface area contributed by atoms with E-state index in [1.54, 1.807) is 0 Å². The zero-order chi connectivity index (χ0) is 10.1. The van der Waals surface area contributed by atoms with Crippen LogP contribution in [0.1, 0.15) is 5.56 Å². The number of benzene rings is 1. The molecule has 1 aromatic rings. The lowest BCUT2D eigenvalue weighted by Crippen LogP contribution is -2.11. The predicted molar refractivity (Wildman–Crippen MR) is 50.6 cm³/mol. The third kappa shape index (κ3) is 3.41. The minimum atomic E-state index is -4.27. The molecule has 0 spiro atoms. The van der Waals surface area contributed by atoms with E-state index in [1.165, 1.54) is 18.2 Å². The van der Waals surface area contributed by atoms with Crippen LogP contribution in [0, 0.1) is 3.57 Å². The molecule has 0 heterocycles. The fourth-order valence-electron chi connectivity index (χ4n) is 0.902. The average Bonchev–Trinajstić information content (AvgIpc) is 1.93. The van der Waals surface area contributed by atoms with Crippen molar-refractivity contribution in [2.45, 2.75) is 12.6 Å². The van der Waals surface area contributed by atoms with E-state index in [1.807, 2.05) is 22.6 Å². The number of alkyl halides is 3. The molecule has 0 aromatic heterocycles. The van der Waals surface area contributed by atoms with Crippen LogP contribution in [-0.2, 0) is 6.42 Å². The Labute approximate surface area is 86.7 Å². The summed E-state index contributed by atoms with van der Waals surface area (Å²) in [5, 5.41) is 9.15. The van der Waals surface area contributed by atoms with Gasteiger partial charge in [-0.2, -0.15) is 13.2 Å². The molecule has 0 aliphatic heterocycles. The molecule has 0 radical (unpaired) electrons. The number of phenols is 1. The van der Waals surface area contributed by atoms with E-state index in [2.05, 4.69) is 0 Å². The van der Waals surface area contributed by atoms with Crippen LogP contribution in [-0.4, -0.2) is 11.3 Å². The summed E-state index contributed by atoms with van der Waals surface area (Å²) >= 11 is 1.92. The monoisotopic (exact) mass is 302 g/mol. The topological polar surface area (TPSA) is 20.2 Å². The van der Waals surface area contributed by atoms with Crippen molar-refractivity contribution in [2.75, 3.05) is 0 Å². The molecule has 1 rings (SSSR count). The highest BCUT2D eigenvalue weighted by molar-refractivity contribution is 14.1. The third-order valence-electron chi connectivity index (χ3n) is 1.44. The Morgan fingerprint density at radius 3 is 2.38 bits per heavy atom. The molecule has 0 bridgehead atoms. The van der Waals surface area contributed by atoms with Crippen LogP contribution < -0.4 is 0 Å². The van der Waals surface area contributed by atoms with Crippen molar-refractivity contribution in [3.63, 3.8) is 0 Å². The van der Waals surface area contributed by atoms with Gasteiger partial charge in [-0.3, -0.25) is 0 Å². The molecule has 0 saturated carbocycles. The quantitative estimate of drug-likeness (QED) is 0.790. The van der Waals surface area contributed by atoms with Crippen molar-refractivity contribution in [3.05, 3.63) is 27.3 Å². The molecule has 72 valence electrons. The van der Waals surface area contributed by atoms with Gasteiger partial charge in [0.05, 0.1) is 6.42 Å². The second-order valence-electron chi connectivity index (χ2n) is 2.56. The molecule has 13 heavy (non-hydrogen) atoms. The summed E-state index contributed by atoms with van der Waals surface area (Å²) in [6.45, 7) is 0. The second-order valence-corrected chi connectivity index (χ2v) is 3.81. The summed E-state index contributed by atoms with van der Waals surface area (Å²) in [7, 11) is 0. The van der Waals surface area contributed by atoms with E-state index in [9.17, 15) is 13.2 Å². The Bertz CT molecular complexity index is 309. The maximum Gasteiger partial charge on any atom is 0.393 e. The smallest absolute Gasteiger partial charge is 0.393 e. The van der Waals surface area contributed by atoms with Gasteiger partial charge < -0.3 is 5.11 Å². The Morgan fingerprint density at radius 2 is 1.92 bits per heavy atom. The average molecular weight is 302 g/mol. The molecule has 1 nitrogen and oxygen atoms in total. The van der Waals surface area contributed by atoms with Gasteiger partial charge in [0, 0.05) is 9.13 Å². The first-order chi connectivity index (χ1) is 5.88. The molecule has 0 atom stereocenters. The van der Waals surface area contributed by atoms with Gasteiger partial charge in [0.15, 0.2) is 0 Å². The Balaban J connectivity index is 2.90. The Kier molecular flexibility index (Phi) is 3.05. The summed E-state index contributed by atoms with van der Waals surface area (Å²) in [5.74, 6) is -0.302. The number of halogens is 4. The molecule has 1 aromatic carbocycles. The SMILES string of the molecule is Oc1cc(I)ccc1CC(F)(F)F. The van der Waals surface area contributed by atoms with E-state index in [0.717, 1.165) is 0 Å². The number of rotatable bonds is 1. The van der Waals surface area contributed by atoms with Gasteiger partial charge in [-0.25, -0.2) is 0 Å². The Hall–Kier alpha value is -0.460. The molecule has 0 amide bonds. The fraction of sp³-hybridized carbons (Fsp3) is 0.250. The zero-order valence-electron chi connectivity index (χ0n) is 6.40. The predicted octanol–water partition coefficient (Wildman–Crippen LogP) is 3.10. The summed E-state index contributed by atoms with van der Waals surface area (Å²) in [6, 6.07) is 4.12. The van der Waals surface area contributed by atoms with Crippen LogP contribution in [0.4, 0.5) is 13.2 Å². The molecule has 0 fully saturated rings. The van der Waals surface area contributed by atoms with Crippen molar-refractivity contribution in [3.8, 4) is 5.75 Å². The molecule has 0 unspecified atom stereocenters. The fourth-order valence-corrected chi connectivity index (χ4v) is 1.38. The van der Waals surface area contributed by atoms with Crippen LogP contribution in [0.5, 0.6) is 5.75 Å². The first kappa shape index (κ1) is 10.6. The van der Waals surface area contributed by atoms with Crippen molar-refractivity contribution in [1.29, 1.82) is 0 Å². The summed E-state index contributed by atoms with van der Waals surface area (Å²) < 4.78 is 36.4. The van der Waals surface area contributed by atoms with Crippen LogP contribution in [0.3, 0.4) is 0 Å². The lowest BCUT2D eigenvalue weighted by atomic mass is 10.1. The van der Waals surface area contributed by atoms with Gasteiger partial charge in [-0.1, -0.05) is 6.07 Å². The van der Waals surface area contributed by atoms with E-state index < -0.39 is 12.6 Å². The lowest BCUT2D eigenvalue weighted by molar-refractivity contribution is -0.127. The van der Waals surface area contributed by atoms with E-state index >= 15 is 0 Å². The van der Waals surface area contributed by atoms with Gasteiger partial charge in [-0.15, -0.1) is 0 Å². The van der Waals surface area contributed by atoms with Crippen molar-refractivity contribution in [2.24, 2.45) is 0 Å². The van der Waals surface area contributed by atoms with Crippen molar-refractivity contribution in [1.82, 2.24) is 0 Å². The number of phenolic OH excluding ortho intramolecular Hbond substituents is 1. The minimum absolute atomic E-state index is 0.0899. The normalized spacial score (nSPS) is 11.7. The maximum absolute atomic E-state index is 11.9. The number of aromatic hydroxyl groups is 1. The highest BCUT2D eigenvalue weighted by atomic mass is 127. The third-order valence-corrected chi connectivity index (χ3v) is 2.11. The largest absolute Gasteiger partial charge is 0.508 e. The standard InChI is InChI=1S/C8H6F3IO/c9-8(10,11)4-5-1-2-6(12)3-7(5)13/h1-3,13H,4H2. The van der Waals surface area contributed by atoms with Gasteiger partial charge in [-0.05, 0) is 34.7 Å². The molecular formula is C8H6F3IO. The van der Waals surface area contributed by atoms with Gasteiger partial charge in [0.25, 0.3) is 0 Å². The zero-order valence-corrected chi connectivity index (χ0v) is 8.56. The molecular weight excluding hydrogens is 296 g/mol. The van der Waals surface area contributed by atoms with Crippen LogP contribution >= 0.6 is 22.6 Å². The van der Waals surface area contributed by atoms with Crippen molar-refractivity contribution >= 4 is 22.6 Å². The van der Waals surface area contributed by atoms with Crippen molar-refractivity contribution < 1.29 is 18.3 Å². The van der Waals surface area contributed by atoms with Crippen LogP contribution in [0.2, 0.25) is 0 Å². The summed E-state index contributed by atoms with van der Waals surface area (Å²) in [6.07, 6.45) is -5.36. The molecule has 0 aliphatic rings. The van der Waals surface area contributed by atoms with Gasteiger partial charge in [0.2, 0.25) is 0 Å². The summed E-state index contributed by atoms with van der Waals surface area (Å²) in [4.78, 5) is 0. The second kappa shape index (κ2) is 3.73. The van der Waals surface area contributed by atoms with Gasteiger partial charge in [0.1, 0.15) is 5.75 Å². The highest BCUT2D eigenvalue weighted by Gasteiger charge is 2.28. The van der Waals surface area contributed by atoms with Crippen LogP contribution in [0.15, 0.2) is 18.2 Å². The van der Waals surface area contributed by atoms with E-state index in [4.69, 9.17) is 5.11 Å². The number of hydrogen-bond acceptors (Lipinski definition) is 1. The lowest BCUT2D eigenvalue weighted by Gasteiger charge is -2.07. The number of hydrogen-bond donors (Lipinski definition) is 1. The molecule has 1 N–H and O–H groups in total. The summed E-state index contributed by atoms with van der Waals surface area (Å²) in [5.41, 5.74) is -0.0899. The molecule has 0 saturated heterocycles. The Morgan fingerprint density at radius 1 is 1.31 bits per heavy atom. The first-order valence-corrected chi connectivity index (χ1v) is 4.50. The maximum atomic E-state index is 11.9. The highest BCUT2D eigenvalue weighted by Crippen LogP contribution is 2.27. The molecule has 0 aliphatic carbocycles. The van der Waals surface area contributed by atoms with E-state index in [-0.39, 0.29) is 11.3 Å².